The van der Waals surface area contributed by atoms with Gasteiger partial charge >= 0.3 is 6.03 Å². The summed E-state index contributed by atoms with van der Waals surface area (Å²) in [6, 6.07) is 2.81. The van der Waals surface area contributed by atoms with Gasteiger partial charge in [0.1, 0.15) is 5.57 Å². The molecule has 116 valence electrons. The number of amides is 4. The van der Waals surface area contributed by atoms with Crippen molar-refractivity contribution in [3.05, 3.63) is 39.5 Å². The average Bonchev–Trinajstić information content (AvgIpc) is 2.40. The van der Waals surface area contributed by atoms with Crippen molar-refractivity contribution < 1.29 is 14.4 Å². The number of hydrogen-bond acceptors (Lipinski definition) is 4. The summed E-state index contributed by atoms with van der Waals surface area (Å²) in [6.07, 6.45) is 1.39. The first-order valence-electron chi connectivity index (χ1n) is 6.57. The maximum Gasteiger partial charge on any atom is 0.335 e. The van der Waals surface area contributed by atoms with Gasteiger partial charge in [0.25, 0.3) is 11.8 Å². The van der Waals surface area contributed by atoms with E-state index in [-0.39, 0.29) is 5.57 Å². The van der Waals surface area contributed by atoms with E-state index >= 15 is 0 Å². The Morgan fingerprint density at radius 1 is 1.14 bits per heavy atom. The SMILES string of the molecule is Cc1cc(Br)c(N2C(=O)NC(=O)/C(=C/N(C)C)C2=O)cc1C. The third kappa shape index (κ3) is 2.89. The van der Waals surface area contributed by atoms with Gasteiger partial charge in [0.15, 0.2) is 0 Å². The summed E-state index contributed by atoms with van der Waals surface area (Å²) in [4.78, 5) is 39.1. The lowest BCUT2D eigenvalue weighted by molar-refractivity contribution is -0.122. The molecule has 1 saturated heterocycles. The van der Waals surface area contributed by atoms with Crippen LogP contribution in [-0.2, 0) is 9.59 Å². The Labute approximate surface area is 136 Å². The van der Waals surface area contributed by atoms with E-state index < -0.39 is 17.8 Å². The number of imide groups is 2. The fourth-order valence-electron chi connectivity index (χ4n) is 2.06. The molecule has 1 fully saturated rings. The molecule has 22 heavy (non-hydrogen) atoms. The first-order chi connectivity index (χ1) is 10.2. The van der Waals surface area contributed by atoms with Crippen LogP contribution in [0.5, 0.6) is 0 Å². The summed E-state index contributed by atoms with van der Waals surface area (Å²) < 4.78 is 0.609. The molecule has 0 unspecified atom stereocenters. The highest BCUT2D eigenvalue weighted by Gasteiger charge is 2.38. The number of carbonyl (C=O) groups excluding carboxylic acids is 3. The number of benzene rings is 1. The van der Waals surface area contributed by atoms with Crippen LogP contribution in [0.25, 0.3) is 0 Å². The minimum absolute atomic E-state index is 0.0882. The van der Waals surface area contributed by atoms with E-state index in [1.54, 1.807) is 25.1 Å². The van der Waals surface area contributed by atoms with Crippen molar-refractivity contribution in [3.63, 3.8) is 0 Å². The summed E-state index contributed by atoms with van der Waals surface area (Å²) in [7, 11) is 3.39. The predicted octanol–water partition coefficient (Wildman–Crippen LogP) is 2.09. The Morgan fingerprint density at radius 2 is 1.73 bits per heavy atom. The average molecular weight is 366 g/mol. The molecule has 1 aromatic rings. The van der Waals surface area contributed by atoms with Gasteiger partial charge in [-0.1, -0.05) is 0 Å². The third-order valence-corrected chi connectivity index (χ3v) is 3.93. The maximum absolute atomic E-state index is 12.6. The van der Waals surface area contributed by atoms with E-state index in [9.17, 15) is 14.4 Å². The van der Waals surface area contributed by atoms with Crippen LogP contribution in [0, 0.1) is 13.8 Å². The lowest BCUT2D eigenvalue weighted by Crippen LogP contribution is -2.54. The number of hydrogen-bond donors (Lipinski definition) is 1. The predicted molar refractivity (Wildman–Crippen MR) is 86.4 cm³/mol. The first-order valence-corrected chi connectivity index (χ1v) is 7.36. The number of urea groups is 1. The zero-order valence-corrected chi connectivity index (χ0v) is 14.3. The Morgan fingerprint density at radius 3 is 2.32 bits per heavy atom. The molecule has 1 aliphatic heterocycles. The number of nitrogens with zero attached hydrogens (tertiary/aromatic N) is 2. The molecule has 0 radical (unpaired) electrons. The van der Waals surface area contributed by atoms with Crippen molar-refractivity contribution >= 4 is 39.5 Å². The molecule has 6 nitrogen and oxygen atoms in total. The monoisotopic (exact) mass is 365 g/mol. The molecule has 0 saturated carbocycles. The Kier molecular flexibility index (Phi) is 4.37. The van der Waals surface area contributed by atoms with Crippen molar-refractivity contribution in [2.24, 2.45) is 0 Å². The summed E-state index contributed by atoms with van der Waals surface area (Å²) in [5, 5.41) is 2.19. The van der Waals surface area contributed by atoms with Gasteiger partial charge in [-0.2, -0.15) is 0 Å². The molecule has 0 spiro atoms. The fraction of sp³-hybridized carbons (Fsp3) is 0.267. The molecule has 2 rings (SSSR count). The first kappa shape index (κ1) is 16.2. The van der Waals surface area contributed by atoms with Gasteiger partial charge in [-0.3, -0.25) is 14.9 Å². The molecule has 0 aliphatic carbocycles. The van der Waals surface area contributed by atoms with Gasteiger partial charge in [-0.15, -0.1) is 0 Å². The largest absolute Gasteiger partial charge is 0.383 e. The molecule has 1 aromatic carbocycles. The summed E-state index contributed by atoms with van der Waals surface area (Å²) in [5.74, 6) is -1.34. The molecular formula is C15H16BrN3O3. The van der Waals surface area contributed by atoms with Crippen molar-refractivity contribution in [2.45, 2.75) is 13.8 Å². The van der Waals surface area contributed by atoms with Gasteiger partial charge in [-0.25, -0.2) is 9.69 Å². The van der Waals surface area contributed by atoms with Crippen LogP contribution in [0.15, 0.2) is 28.4 Å². The highest BCUT2D eigenvalue weighted by atomic mass is 79.9. The maximum atomic E-state index is 12.6. The van der Waals surface area contributed by atoms with E-state index in [1.165, 1.54) is 6.20 Å². The second kappa shape index (κ2) is 5.92. The Hall–Kier alpha value is -2.15. The van der Waals surface area contributed by atoms with E-state index in [1.807, 2.05) is 19.9 Å². The molecule has 7 heteroatoms. The van der Waals surface area contributed by atoms with Crippen LogP contribution in [0.1, 0.15) is 11.1 Å². The highest BCUT2D eigenvalue weighted by Crippen LogP contribution is 2.31. The number of barbiturate groups is 1. The van der Waals surface area contributed by atoms with Crippen LogP contribution in [0.2, 0.25) is 0 Å². The third-order valence-electron chi connectivity index (χ3n) is 3.29. The van der Waals surface area contributed by atoms with Gasteiger partial charge < -0.3 is 4.90 Å². The molecule has 0 atom stereocenters. The molecule has 0 aromatic heterocycles. The van der Waals surface area contributed by atoms with E-state index in [0.29, 0.717) is 10.2 Å². The number of rotatable bonds is 2. The Bertz CT molecular complexity index is 710. The van der Waals surface area contributed by atoms with Crippen LogP contribution < -0.4 is 10.2 Å². The number of carbonyl (C=O) groups is 3. The molecule has 1 aliphatic rings. The fourth-order valence-corrected chi connectivity index (χ4v) is 2.69. The second-order valence-corrected chi connectivity index (χ2v) is 6.15. The number of nitrogens with one attached hydrogen (secondary N) is 1. The van der Waals surface area contributed by atoms with Crippen molar-refractivity contribution in [2.75, 3.05) is 19.0 Å². The minimum Gasteiger partial charge on any atom is -0.383 e. The van der Waals surface area contributed by atoms with E-state index in [0.717, 1.165) is 16.0 Å². The van der Waals surface area contributed by atoms with Gasteiger partial charge in [-0.05, 0) is 53.0 Å². The zero-order valence-electron chi connectivity index (χ0n) is 12.7. The lowest BCUT2D eigenvalue weighted by Gasteiger charge is -2.28. The topological polar surface area (TPSA) is 69.7 Å². The zero-order chi connectivity index (χ0) is 16.6. The number of aryl methyl sites for hydroxylation is 2. The molecule has 1 N–H and O–H groups in total. The smallest absolute Gasteiger partial charge is 0.335 e. The number of halogens is 1. The van der Waals surface area contributed by atoms with Gasteiger partial charge in [0, 0.05) is 24.8 Å². The summed E-state index contributed by atoms with van der Waals surface area (Å²) in [6.45, 7) is 3.82. The number of anilines is 1. The normalized spacial score (nSPS) is 17.0. The van der Waals surface area contributed by atoms with E-state index in [4.69, 9.17) is 0 Å². The molecule has 0 bridgehead atoms. The highest BCUT2D eigenvalue weighted by molar-refractivity contribution is 9.10. The summed E-state index contributed by atoms with van der Waals surface area (Å²) >= 11 is 3.37. The van der Waals surface area contributed by atoms with Crippen molar-refractivity contribution in [1.29, 1.82) is 0 Å². The minimum atomic E-state index is -0.755. The lowest BCUT2D eigenvalue weighted by atomic mass is 10.1. The molecule has 4 amide bonds. The van der Waals surface area contributed by atoms with Gasteiger partial charge in [0.05, 0.1) is 5.69 Å². The van der Waals surface area contributed by atoms with Crippen molar-refractivity contribution in [3.8, 4) is 0 Å². The van der Waals surface area contributed by atoms with Crippen LogP contribution in [-0.4, -0.2) is 36.8 Å². The molecular weight excluding hydrogens is 350 g/mol. The van der Waals surface area contributed by atoms with Crippen LogP contribution in [0.3, 0.4) is 0 Å². The van der Waals surface area contributed by atoms with Gasteiger partial charge in [0.2, 0.25) is 0 Å². The van der Waals surface area contributed by atoms with Crippen molar-refractivity contribution in [1.82, 2.24) is 10.2 Å². The quantitative estimate of drug-likeness (QED) is 0.643. The Balaban J connectivity index is 2.55. The van der Waals surface area contributed by atoms with Crippen LogP contribution >= 0.6 is 15.9 Å². The van der Waals surface area contributed by atoms with Crippen LogP contribution in [0.4, 0.5) is 10.5 Å². The summed E-state index contributed by atoms with van der Waals surface area (Å²) in [5.41, 5.74) is 2.28. The second-order valence-electron chi connectivity index (χ2n) is 5.29. The molecule has 1 heterocycles. The standard InChI is InChI=1S/C15H16BrN3O3/c1-8-5-11(16)12(6-9(8)2)19-14(21)10(7-18(3)4)13(20)17-15(19)22/h5-7H,1-4H3,(H,17,20,22)/b10-7-. The van der Waals surface area contributed by atoms with E-state index in [2.05, 4.69) is 21.2 Å².